The van der Waals surface area contributed by atoms with Crippen LogP contribution in [0, 0.1) is 11.8 Å². The van der Waals surface area contributed by atoms with Crippen molar-refractivity contribution in [2.24, 2.45) is 11.8 Å². The summed E-state index contributed by atoms with van der Waals surface area (Å²) in [5, 5.41) is 9.25. The van der Waals surface area contributed by atoms with Crippen LogP contribution in [0.2, 0.25) is 0 Å². The van der Waals surface area contributed by atoms with Crippen LogP contribution in [0.25, 0.3) is 0 Å². The zero-order valence-electron chi connectivity index (χ0n) is 7.41. The van der Waals surface area contributed by atoms with Crippen LogP contribution in [0.15, 0.2) is 11.8 Å². The van der Waals surface area contributed by atoms with Gasteiger partial charge in [-0.25, -0.2) is 0 Å². The van der Waals surface area contributed by atoms with Crippen molar-refractivity contribution in [2.45, 2.75) is 19.8 Å². The number of hydrogen-bond acceptors (Lipinski definition) is 3. The van der Waals surface area contributed by atoms with E-state index in [2.05, 4.69) is 4.74 Å². The van der Waals surface area contributed by atoms with E-state index in [-0.39, 0.29) is 17.8 Å². The molecule has 0 fully saturated rings. The predicted molar refractivity (Wildman–Crippen MR) is 44.6 cm³/mol. The molecule has 1 rings (SSSR count). The number of methoxy groups -OCH3 is 1. The van der Waals surface area contributed by atoms with E-state index in [1.54, 1.807) is 6.08 Å². The number of esters is 1. The number of carbonyl (C=O) groups is 1. The highest BCUT2D eigenvalue weighted by Gasteiger charge is 2.26. The maximum atomic E-state index is 11.1. The Kier molecular flexibility index (Phi) is 2.74. The van der Waals surface area contributed by atoms with Gasteiger partial charge in [0.1, 0.15) is 0 Å². The van der Waals surface area contributed by atoms with Crippen LogP contribution in [0.1, 0.15) is 19.8 Å². The van der Waals surface area contributed by atoms with Gasteiger partial charge in [-0.3, -0.25) is 4.79 Å². The molecule has 1 aliphatic carbocycles. The highest BCUT2D eigenvalue weighted by atomic mass is 16.5. The van der Waals surface area contributed by atoms with Crippen molar-refractivity contribution in [1.82, 2.24) is 0 Å². The van der Waals surface area contributed by atoms with Crippen molar-refractivity contribution in [2.75, 3.05) is 7.11 Å². The highest BCUT2D eigenvalue weighted by Crippen LogP contribution is 2.27. The molecule has 0 amide bonds. The number of hydrogen-bond donors (Lipinski definition) is 1. The molecule has 0 aliphatic heterocycles. The second-order valence-corrected chi connectivity index (χ2v) is 3.30. The topological polar surface area (TPSA) is 46.5 Å². The molecule has 1 N–H and O–H groups in total. The summed E-state index contributed by atoms with van der Waals surface area (Å²) in [4.78, 5) is 11.1. The van der Waals surface area contributed by atoms with E-state index in [0.717, 1.165) is 6.42 Å². The van der Waals surface area contributed by atoms with E-state index in [9.17, 15) is 9.90 Å². The summed E-state index contributed by atoms with van der Waals surface area (Å²) >= 11 is 0. The maximum absolute atomic E-state index is 11.1. The molecule has 0 bridgehead atoms. The summed E-state index contributed by atoms with van der Waals surface area (Å²) in [5.41, 5.74) is 0. The third-order valence-corrected chi connectivity index (χ3v) is 2.12. The molecule has 2 atom stereocenters. The molecule has 0 aromatic rings. The molecular weight excluding hydrogens is 156 g/mol. The summed E-state index contributed by atoms with van der Waals surface area (Å²) < 4.78 is 4.61. The average Bonchev–Trinajstić information content (AvgIpc) is 2.01. The molecule has 3 nitrogen and oxygen atoms in total. The van der Waals surface area contributed by atoms with Crippen molar-refractivity contribution in [1.29, 1.82) is 0 Å². The molecule has 0 heterocycles. The Hall–Kier alpha value is -0.990. The van der Waals surface area contributed by atoms with E-state index in [4.69, 9.17) is 0 Å². The molecule has 0 aromatic heterocycles. The zero-order chi connectivity index (χ0) is 9.14. The number of ether oxygens (including phenoxy) is 1. The normalized spacial score (nSPS) is 29.3. The lowest BCUT2D eigenvalue weighted by Gasteiger charge is -2.21. The third kappa shape index (κ3) is 2.00. The van der Waals surface area contributed by atoms with Crippen LogP contribution in [0.3, 0.4) is 0 Å². The minimum atomic E-state index is -0.221. The monoisotopic (exact) mass is 170 g/mol. The molecule has 0 spiro atoms. The van der Waals surface area contributed by atoms with Gasteiger partial charge in [-0.1, -0.05) is 6.92 Å². The molecule has 2 unspecified atom stereocenters. The fourth-order valence-corrected chi connectivity index (χ4v) is 1.60. The van der Waals surface area contributed by atoms with Crippen molar-refractivity contribution in [3.63, 3.8) is 0 Å². The highest BCUT2D eigenvalue weighted by molar-refractivity contribution is 5.72. The number of carbonyl (C=O) groups excluding carboxylic acids is 1. The molecule has 0 radical (unpaired) electrons. The Morgan fingerprint density at radius 3 is 2.92 bits per heavy atom. The van der Waals surface area contributed by atoms with Gasteiger partial charge in [0.05, 0.1) is 18.8 Å². The molecule has 0 saturated carbocycles. The number of rotatable bonds is 1. The SMILES string of the molecule is COC(=O)C1CC(O)=CC(C)C1. The standard InChI is InChI=1S/C9H14O3/c1-6-3-7(9(11)12-2)5-8(10)4-6/h4,6-7,10H,3,5H2,1-2H3. The lowest BCUT2D eigenvalue weighted by Crippen LogP contribution is -2.22. The summed E-state index contributed by atoms with van der Waals surface area (Å²) in [6, 6.07) is 0. The van der Waals surface area contributed by atoms with Crippen LogP contribution in [0.4, 0.5) is 0 Å². The van der Waals surface area contributed by atoms with Crippen LogP contribution < -0.4 is 0 Å². The second kappa shape index (κ2) is 3.61. The van der Waals surface area contributed by atoms with Gasteiger partial charge in [0.2, 0.25) is 0 Å². The van der Waals surface area contributed by atoms with E-state index < -0.39 is 0 Å². The van der Waals surface area contributed by atoms with E-state index in [0.29, 0.717) is 12.2 Å². The minimum Gasteiger partial charge on any atom is -0.513 e. The van der Waals surface area contributed by atoms with Gasteiger partial charge in [0.25, 0.3) is 0 Å². The van der Waals surface area contributed by atoms with E-state index in [1.807, 2.05) is 6.92 Å². The largest absolute Gasteiger partial charge is 0.513 e. The smallest absolute Gasteiger partial charge is 0.309 e. The Labute approximate surface area is 72.0 Å². The van der Waals surface area contributed by atoms with Gasteiger partial charge >= 0.3 is 5.97 Å². The zero-order valence-corrected chi connectivity index (χ0v) is 7.41. The van der Waals surface area contributed by atoms with Gasteiger partial charge in [0, 0.05) is 6.42 Å². The van der Waals surface area contributed by atoms with E-state index >= 15 is 0 Å². The van der Waals surface area contributed by atoms with Crippen molar-refractivity contribution in [3.8, 4) is 0 Å². The van der Waals surface area contributed by atoms with Crippen LogP contribution in [-0.2, 0) is 9.53 Å². The molecule has 0 saturated heterocycles. The Bertz CT molecular complexity index is 208. The first-order chi connectivity index (χ1) is 5.63. The van der Waals surface area contributed by atoms with Gasteiger partial charge in [-0.2, -0.15) is 0 Å². The minimum absolute atomic E-state index is 0.157. The van der Waals surface area contributed by atoms with Crippen molar-refractivity contribution in [3.05, 3.63) is 11.8 Å². The third-order valence-electron chi connectivity index (χ3n) is 2.12. The Morgan fingerprint density at radius 1 is 1.75 bits per heavy atom. The average molecular weight is 170 g/mol. The second-order valence-electron chi connectivity index (χ2n) is 3.30. The summed E-state index contributed by atoms with van der Waals surface area (Å²) in [6.07, 6.45) is 2.99. The number of allylic oxidation sites excluding steroid dienone is 2. The van der Waals surface area contributed by atoms with Gasteiger partial charge in [-0.15, -0.1) is 0 Å². The van der Waals surface area contributed by atoms with Crippen LogP contribution >= 0.6 is 0 Å². The Morgan fingerprint density at radius 2 is 2.42 bits per heavy atom. The molecule has 3 heteroatoms. The van der Waals surface area contributed by atoms with Gasteiger partial charge < -0.3 is 9.84 Å². The fourth-order valence-electron chi connectivity index (χ4n) is 1.60. The van der Waals surface area contributed by atoms with Crippen LogP contribution in [0.5, 0.6) is 0 Å². The summed E-state index contributed by atoms with van der Waals surface area (Å²) in [7, 11) is 1.38. The summed E-state index contributed by atoms with van der Waals surface area (Å²) in [5.74, 6) is 0.198. The molecule has 1 aliphatic rings. The first-order valence-electron chi connectivity index (χ1n) is 4.11. The van der Waals surface area contributed by atoms with Gasteiger partial charge in [0.15, 0.2) is 0 Å². The molecule has 12 heavy (non-hydrogen) atoms. The first kappa shape index (κ1) is 9.10. The molecule has 0 aromatic carbocycles. The van der Waals surface area contributed by atoms with Crippen LogP contribution in [-0.4, -0.2) is 18.2 Å². The number of aliphatic hydroxyl groups is 1. The molecular formula is C9H14O3. The molecule has 68 valence electrons. The Balaban J connectivity index is 2.61. The van der Waals surface area contributed by atoms with E-state index in [1.165, 1.54) is 7.11 Å². The van der Waals surface area contributed by atoms with Crippen molar-refractivity contribution >= 4 is 5.97 Å². The maximum Gasteiger partial charge on any atom is 0.309 e. The lowest BCUT2D eigenvalue weighted by molar-refractivity contribution is -0.146. The van der Waals surface area contributed by atoms with Crippen molar-refractivity contribution < 1.29 is 14.6 Å². The lowest BCUT2D eigenvalue weighted by atomic mass is 9.87. The first-order valence-corrected chi connectivity index (χ1v) is 4.11. The summed E-state index contributed by atoms with van der Waals surface area (Å²) in [6.45, 7) is 1.98. The predicted octanol–water partition coefficient (Wildman–Crippen LogP) is 1.65. The van der Waals surface area contributed by atoms with Gasteiger partial charge in [-0.05, 0) is 18.4 Å². The quantitative estimate of drug-likeness (QED) is 0.608. The number of aliphatic hydroxyl groups excluding tert-OH is 1. The fraction of sp³-hybridized carbons (Fsp3) is 0.667.